The molecule has 0 spiro atoms. The van der Waals surface area contributed by atoms with Crippen molar-refractivity contribution in [1.29, 1.82) is 0 Å². The molecule has 9 heteroatoms. The van der Waals surface area contributed by atoms with Crippen LogP contribution in [0.4, 0.5) is 19.1 Å². The van der Waals surface area contributed by atoms with Crippen LogP contribution in [0, 0.1) is 0 Å². The van der Waals surface area contributed by atoms with Crippen LogP contribution in [0.2, 0.25) is 0 Å². The first-order chi connectivity index (χ1) is 13.4. The van der Waals surface area contributed by atoms with Gasteiger partial charge in [0.1, 0.15) is 5.69 Å². The number of benzene rings is 1. The highest BCUT2D eigenvalue weighted by Crippen LogP contribution is 2.31. The van der Waals surface area contributed by atoms with Crippen LogP contribution in [0.1, 0.15) is 28.5 Å². The highest BCUT2D eigenvalue weighted by Gasteiger charge is 2.32. The van der Waals surface area contributed by atoms with E-state index in [0.717, 1.165) is 6.07 Å². The molecular weight excluding hydrogens is 371 g/mol. The molecule has 0 aliphatic rings. The SMILES string of the molecule is CCNc1nccc(-c2c[nH]c(C(=O)NCc3ccccc3C(F)(F)F)c2)n1. The number of halogens is 3. The minimum absolute atomic E-state index is 0.00112. The summed E-state index contributed by atoms with van der Waals surface area (Å²) >= 11 is 0. The number of alkyl halides is 3. The molecule has 0 fully saturated rings. The van der Waals surface area contributed by atoms with E-state index < -0.39 is 17.6 Å². The summed E-state index contributed by atoms with van der Waals surface area (Å²) in [5.74, 6) is -0.0415. The van der Waals surface area contributed by atoms with Crippen LogP contribution in [0.15, 0.2) is 48.8 Å². The molecule has 3 aromatic rings. The zero-order valence-corrected chi connectivity index (χ0v) is 15.0. The van der Waals surface area contributed by atoms with Crippen LogP contribution in [-0.4, -0.2) is 27.4 Å². The van der Waals surface area contributed by atoms with Crippen molar-refractivity contribution in [3.05, 3.63) is 65.6 Å². The molecular formula is C19H18F3N5O. The number of nitrogens with one attached hydrogen (secondary N) is 3. The largest absolute Gasteiger partial charge is 0.416 e. The molecule has 0 bridgehead atoms. The zero-order valence-electron chi connectivity index (χ0n) is 15.0. The van der Waals surface area contributed by atoms with E-state index in [4.69, 9.17) is 0 Å². The second-order valence-electron chi connectivity index (χ2n) is 5.94. The summed E-state index contributed by atoms with van der Waals surface area (Å²) < 4.78 is 39.1. The van der Waals surface area contributed by atoms with Gasteiger partial charge in [0.05, 0.1) is 11.3 Å². The summed E-state index contributed by atoms with van der Waals surface area (Å²) in [5, 5.41) is 5.51. The lowest BCUT2D eigenvalue weighted by Gasteiger charge is -2.12. The number of aromatic amines is 1. The van der Waals surface area contributed by atoms with Crippen LogP contribution >= 0.6 is 0 Å². The molecule has 0 aliphatic heterocycles. The van der Waals surface area contributed by atoms with E-state index in [-0.39, 0.29) is 17.8 Å². The predicted octanol–water partition coefficient (Wildman–Crippen LogP) is 3.85. The predicted molar refractivity (Wildman–Crippen MR) is 98.6 cm³/mol. The summed E-state index contributed by atoms with van der Waals surface area (Å²) in [6, 6.07) is 8.43. The van der Waals surface area contributed by atoms with Gasteiger partial charge in [0.25, 0.3) is 5.91 Å². The number of hydrogen-bond acceptors (Lipinski definition) is 4. The maximum Gasteiger partial charge on any atom is 0.416 e. The minimum atomic E-state index is -4.47. The molecule has 3 N–H and O–H groups in total. The maximum absolute atomic E-state index is 13.0. The molecule has 146 valence electrons. The van der Waals surface area contributed by atoms with Gasteiger partial charge in [-0.3, -0.25) is 4.79 Å². The maximum atomic E-state index is 13.0. The second kappa shape index (κ2) is 8.12. The van der Waals surface area contributed by atoms with Gasteiger partial charge in [-0.2, -0.15) is 13.2 Å². The van der Waals surface area contributed by atoms with E-state index in [0.29, 0.717) is 23.8 Å². The lowest BCUT2D eigenvalue weighted by molar-refractivity contribution is -0.138. The summed E-state index contributed by atoms with van der Waals surface area (Å²) in [5.41, 5.74) is 0.745. The van der Waals surface area contributed by atoms with Gasteiger partial charge < -0.3 is 15.6 Å². The normalized spacial score (nSPS) is 11.3. The molecule has 0 unspecified atom stereocenters. The zero-order chi connectivity index (χ0) is 20.1. The molecule has 2 heterocycles. The van der Waals surface area contributed by atoms with E-state index in [1.165, 1.54) is 18.2 Å². The van der Waals surface area contributed by atoms with Crippen molar-refractivity contribution in [1.82, 2.24) is 20.3 Å². The van der Waals surface area contributed by atoms with Crippen molar-refractivity contribution in [2.24, 2.45) is 0 Å². The highest BCUT2D eigenvalue weighted by atomic mass is 19.4. The van der Waals surface area contributed by atoms with Crippen molar-refractivity contribution in [3.8, 4) is 11.3 Å². The fourth-order valence-electron chi connectivity index (χ4n) is 2.66. The summed E-state index contributed by atoms with van der Waals surface area (Å²) in [4.78, 5) is 23.6. The minimum Gasteiger partial charge on any atom is -0.357 e. The van der Waals surface area contributed by atoms with Crippen molar-refractivity contribution in [2.45, 2.75) is 19.6 Å². The van der Waals surface area contributed by atoms with E-state index in [1.54, 1.807) is 24.5 Å². The Labute approximate surface area is 159 Å². The molecule has 1 amide bonds. The van der Waals surface area contributed by atoms with Gasteiger partial charge in [-0.15, -0.1) is 0 Å². The molecule has 28 heavy (non-hydrogen) atoms. The van der Waals surface area contributed by atoms with Crippen molar-refractivity contribution < 1.29 is 18.0 Å². The molecule has 0 aliphatic carbocycles. The Kier molecular flexibility index (Phi) is 5.62. The van der Waals surface area contributed by atoms with E-state index in [9.17, 15) is 18.0 Å². The monoisotopic (exact) mass is 389 g/mol. The van der Waals surface area contributed by atoms with E-state index in [2.05, 4.69) is 25.6 Å². The third-order valence-corrected chi connectivity index (χ3v) is 3.98. The number of carbonyl (C=O) groups is 1. The van der Waals surface area contributed by atoms with Crippen molar-refractivity contribution >= 4 is 11.9 Å². The number of nitrogens with zero attached hydrogens (tertiary/aromatic N) is 2. The van der Waals surface area contributed by atoms with E-state index in [1.807, 2.05) is 6.92 Å². The number of rotatable bonds is 6. The van der Waals surface area contributed by atoms with Crippen LogP contribution in [0.5, 0.6) is 0 Å². The van der Waals surface area contributed by atoms with Crippen LogP contribution in [0.25, 0.3) is 11.3 Å². The quantitative estimate of drug-likeness (QED) is 0.598. The lowest BCUT2D eigenvalue weighted by Crippen LogP contribution is -2.24. The molecule has 0 saturated carbocycles. The Morgan fingerprint density at radius 3 is 2.75 bits per heavy atom. The van der Waals surface area contributed by atoms with Crippen LogP contribution in [0.3, 0.4) is 0 Å². The first kappa shape index (κ1) is 19.4. The van der Waals surface area contributed by atoms with Gasteiger partial charge >= 0.3 is 6.18 Å². The van der Waals surface area contributed by atoms with Gasteiger partial charge in [0, 0.05) is 31.0 Å². The number of anilines is 1. The van der Waals surface area contributed by atoms with Gasteiger partial charge in [0.2, 0.25) is 5.95 Å². The topological polar surface area (TPSA) is 82.7 Å². The highest BCUT2D eigenvalue weighted by molar-refractivity contribution is 5.93. The number of H-pyrrole nitrogens is 1. The fraction of sp³-hybridized carbons (Fsp3) is 0.211. The van der Waals surface area contributed by atoms with Crippen LogP contribution in [-0.2, 0) is 12.7 Å². The molecule has 6 nitrogen and oxygen atoms in total. The van der Waals surface area contributed by atoms with Crippen LogP contribution < -0.4 is 10.6 Å². The Bertz CT molecular complexity index is 968. The molecule has 0 saturated heterocycles. The Morgan fingerprint density at radius 1 is 1.21 bits per heavy atom. The van der Waals surface area contributed by atoms with Gasteiger partial charge in [-0.25, -0.2) is 9.97 Å². The number of amides is 1. The number of carbonyl (C=O) groups excluding carboxylic acids is 1. The molecule has 0 radical (unpaired) electrons. The first-order valence-electron chi connectivity index (χ1n) is 8.57. The molecule has 3 rings (SSSR count). The molecule has 0 atom stereocenters. The molecule has 2 aromatic heterocycles. The Hall–Kier alpha value is -3.36. The summed E-state index contributed by atoms with van der Waals surface area (Å²) in [7, 11) is 0. The fourth-order valence-corrected chi connectivity index (χ4v) is 2.66. The summed E-state index contributed by atoms with van der Waals surface area (Å²) in [6.07, 6.45) is -1.27. The van der Waals surface area contributed by atoms with E-state index >= 15 is 0 Å². The third-order valence-electron chi connectivity index (χ3n) is 3.98. The number of aromatic nitrogens is 3. The standard InChI is InChI=1S/C19H18F3N5O/c1-2-23-18-24-8-7-15(27-18)13-9-16(25-11-13)17(28)26-10-12-5-3-4-6-14(12)19(20,21)22/h3-9,11,25H,2,10H2,1H3,(H,26,28)(H,23,24,27). The third kappa shape index (κ3) is 4.48. The van der Waals surface area contributed by atoms with Gasteiger partial charge in [-0.1, -0.05) is 18.2 Å². The van der Waals surface area contributed by atoms with Crippen molar-refractivity contribution in [2.75, 3.05) is 11.9 Å². The average Bonchev–Trinajstić information content (AvgIpc) is 3.16. The average molecular weight is 389 g/mol. The van der Waals surface area contributed by atoms with Gasteiger partial charge in [0.15, 0.2) is 0 Å². The Morgan fingerprint density at radius 2 is 2.00 bits per heavy atom. The molecule has 1 aromatic carbocycles. The lowest BCUT2D eigenvalue weighted by atomic mass is 10.1. The second-order valence-corrected chi connectivity index (χ2v) is 5.94. The number of hydrogen-bond donors (Lipinski definition) is 3. The summed E-state index contributed by atoms with van der Waals surface area (Å²) in [6.45, 7) is 2.36. The van der Waals surface area contributed by atoms with Crippen molar-refractivity contribution in [3.63, 3.8) is 0 Å². The first-order valence-corrected chi connectivity index (χ1v) is 8.57. The van der Waals surface area contributed by atoms with Gasteiger partial charge in [-0.05, 0) is 30.7 Å². The Balaban J connectivity index is 1.71. The smallest absolute Gasteiger partial charge is 0.357 e.